The summed E-state index contributed by atoms with van der Waals surface area (Å²) in [5.41, 5.74) is -0.692. The first-order chi connectivity index (χ1) is 21.6. The molecule has 0 radical (unpaired) electrons. The maximum absolute atomic E-state index is 16.7. The molecule has 0 amide bonds. The van der Waals surface area contributed by atoms with Crippen molar-refractivity contribution in [1.29, 1.82) is 0 Å². The van der Waals surface area contributed by atoms with Crippen LogP contribution in [0.25, 0.3) is 22.2 Å². The Hall–Kier alpha value is -3.32. The van der Waals surface area contributed by atoms with Crippen molar-refractivity contribution >= 4 is 16.7 Å². The second kappa shape index (κ2) is 10.6. The zero-order valence-electron chi connectivity index (χ0n) is 24.7. The average Bonchev–Trinajstić information content (AvgIpc) is 3.65. The van der Waals surface area contributed by atoms with Crippen LogP contribution in [-0.2, 0) is 6.42 Å². The molecule has 5 atom stereocenters. The van der Waals surface area contributed by atoms with Gasteiger partial charge in [-0.05, 0) is 74.8 Å². The number of hydrogen-bond donors (Lipinski definition) is 2. The largest absolute Gasteiger partial charge is 0.508 e. The monoisotopic (exact) mass is 630 g/mol. The molecule has 4 aliphatic heterocycles. The third-order valence-corrected chi connectivity index (χ3v) is 10.6. The molecule has 0 saturated carbocycles. The van der Waals surface area contributed by atoms with Crippen LogP contribution in [0.5, 0.6) is 11.8 Å². The molecule has 240 valence electrons. The fourth-order valence-corrected chi connectivity index (χ4v) is 8.61. The Morgan fingerprint density at radius 3 is 2.64 bits per heavy atom. The smallest absolute Gasteiger partial charge is 0.395 e. The van der Waals surface area contributed by atoms with Gasteiger partial charge in [0, 0.05) is 49.9 Å². The molecule has 3 aromatic rings. The minimum absolute atomic E-state index is 0.0517. The summed E-state index contributed by atoms with van der Waals surface area (Å²) < 4.78 is 80.0. The number of alkyl halides is 4. The number of nitrogens with zero attached hydrogens (tertiary/aromatic N) is 5. The Morgan fingerprint density at radius 2 is 1.87 bits per heavy atom. The molecule has 5 aliphatic rings. The number of rotatable bonds is 5. The van der Waals surface area contributed by atoms with Gasteiger partial charge in [-0.15, -0.1) is 0 Å². The van der Waals surface area contributed by atoms with E-state index in [0.29, 0.717) is 55.7 Å². The second-order valence-electron chi connectivity index (χ2n) is 13.5. The lowest BCUT2D eigenvalue weighted by atomic mass is 9.78. The summed E-state index contributed by atoms with van der Waals surface area (Å²) in [6.45, 7) is 2.57. The predicted octanol–water partition coefficient (Wildman–Crippen LogP) is 5.41. The highest BCUT2D eigenvalue weighted by atomic mass is 19.4. The third kappa shape index (κ3) is 4.97. The van der Waals surface area contributed by atoms with Gasteiger partial charge in [0.25, 0.3) is 0 Å². The number of anilines is 1. The van der Waals surface area contributed by atoms with E-state index in [4.69, 9.17) is 9.72 Å². The van der Waals surface area contributed by atoms with E-state index in [1.165, 1.54) is 12.3 Å². The van der Waals surface area contributed by atoms with Crippen molar-refractivity contribution in [2.75, 3.05) is 37.7 Å². The SMILES string of the molecule is Oc1cc2c(c(-c3ncc4c(N5C[C@H]6CC[C@@H](C5)N6)nc(OC[C@@]56CCCN5C[C@H](F)C6)nc4c3F)c1)C(C(F)(F)F)CCC2. The van der Waals surface area contributed by atoms with Crippen molar-refractivity contribution < 1.29 is 31.8 Å². The van der Waals surface area contributed by atoms with E-state index in [-0.39, 0.29) is 59.2 Å². The molecule has 45 heavy (non-hydrogen) atoms. The van der Waals surface area contributed by atoms with Gasteiger partial charge in [0.1, 0.15) is 35.6 Å². The Bertz CT molecular complexity index is 1640. The van der Waals surface area contributed by atoms with Crippen molar-refractivity contribution in [2.24, 2.45) is 0 Å². The fourth-order valence-electron chi connectivity index (χ4n) is 8.61. The summed E-state index contributed by atoms with van der Waals surface area (Å²) in [7, 11) is 0. The Kier molecular flexibility index (Phi) is 6.87. The molecule has 2 aromatic heterocycles. The van der Waals surface area contributed by atoms with E-state index in [0.717, 1.165) is 38.3 Å². The van der Waals surface area contributed by atoms with E-state index in [2.05, 4.69) is 25.1 Å². The van der Waals surface area contributed by atoms with Gasteiger partial charge in [0.2, 0.25) is 0 Å². The van der Waals surface area contributed by atoms with Crippen molar-refractivity contribution in [3.05, 3.63) is 35.3 Å². The van der Waals surface area contributed by atoms with Crippen LogP contribution >= 0.6 is 0 Å². The van der Waals surface area contributed by atoms with Crippen LogP contribution < -0.4 is 15.0 Å². The summed E-state index contributed by atoms with van der Waals surface area (Å²) in [6, 6.07) is 2.93. The molecular weight excluding hydrogens is 595 g/mol. The van der Waals surface area contributed by atoms with E-state index in [1.54, 1.807) is 0 Å². The van der Waals surface area contributed by atoms with Crippen LogP contribution in [0.4, 0.5) is 27.8 Å². The normalized spacial score (nSPS) is 29.8. The van der Waals surface area contributed by atoms with Gasteiger partial charge in [0.15, 0.2) is 5.82 Å². The highest BCUT2D eigenvalue weighted by molar-refractivity contribution is 5.92. The van der Waals surface area contributed by atoms with Gasteiger partial charge in [-0.3, -0.25) is 9.88 Å². The van der Waals surface area contributed by atoms with E-state index < -0.39 is 29.6 Å². The summed E-state index contributed by atoms with van der Waals surface area (Å²) in [4.78, 5) is 17.8. The zero-order chi connectivity index (χ0) is 31.1. The fraction of sp³-hybridized carbons (Fsp3) is 0.594. The van der Waals surface area contributed by atoms with Gasteiger partial charge >= 0.3 is 12.2 Å². The standard InChI is InChI=1S/C32H35F5N6O2/c33-18-11-31(7-2-8-43(31)13-18)16-45-30-40-28-23(29(41-30)42-14-19-5-6-20(15-42)39-19)12-38-27(26(28)34)22-10-21(44)9-17-3-1-4-24(25(17)22)32(35,36)37/h9-10,12,18-20,24,39,44H,1-8,11,13-16H2/t18-,19-,20+,24?,31+/m1/s1. The molecule has 4 saturated heterocycles. The first kappa shape index (κ1) is 29.1. The molecule has 2 N–H and O–H groups in total. The first-order valence-corrected chi connectivity index (χ1v) is 15.9. The van der Waals surface area contributed by atoms with Gasteiger partial charge < -0.3 is 20.1 Å². The van der Waals surface area contributed by atoms with Crippen LogP contribution in [0.2, 0.25) is 0 Å². The minimum Gasteiger partial charge on any atom is -0.508 e. The second-order valence-corrected chi connectivity index (χ2v) is 13.5. The van der Waals surface area contributed by atoms with Crippen molar-refractivity contribution in [2.45, 2.75) is 87.3 Å². The topological polar surface area (TPSA) is 86.6 Å². The molecule has 13 heteroatoms. The molecule has 8 rings (SSSR count). The van der Waals surface area contributed by atoms with Gasteiger partial charge in [-0.2, -0.15) is 23.1 Å². The molecule has 4 fully saturated rings. The number of benzene rings is 1. The lowest BCUT2D eigenvalue weighted by Gasteiger charge is -2.34. The van der Waals surface area contributed by atoms with Gasteiger partial charge in [0.05, 0.1) is 16.8 Å². The van der Waals surface area contributed by atoms with Crippen LogP contribution in [0, 0.1) is 5.82 Å². The van der Waals surface area contributed by atoms with Gasteiger partial charge in [-0.1, -0.05) is 0 Å². The average molecular weight is 631 g/mol. The third-order valence-electron chi connectivity index (χ3n) is 10.6. The molecule has 0 spiro atoms. The van der Waals surface area contributed by atoms with Crippen molar-refractivity contribution in [1.82, 2.24) is 25.2 Å². The van der Waals surface area contributed by atoms with Gasteiger partial charge in [-0.25, -0.2) is 8.78 Å². The van der Waals surface area contributed by atoms with Crippen LogP contribution in [-0.4, -0.2) is 87.7 Å². The molecule has 1 unspecified atom stereocenters. The first-order valence-electron chi connectivity index (χ1n) is 15.9. The summed E-state index contributed by atoms with van der Waals surface area (Å²) in [5.74, 6) is -2.50. The minimum atomic E-state index is -4.54. The van der Waals surface area contributed by atoms with E-state index >= 15 is 4.39 Å². The molecule has 6 heterocycles. The lowest BCUT2D eigenvalue weighted by molar-refractivity contribution is -0.153. The number of hydrogen-bond acceptors (Lipinski definition) is 8. The highest BCUT2D eigenvalue weighted by Gasteiger charge is 2.49. The Balaban J connectivity index is 1.25. The Labute approximate surface area is 257 Å². The number of piperazine rings is 1. The molecular formula is C32H35F5N6O2. The number of aromatic nitrogens is 3. The number of fused-ring (bicyclic) bond motifs is 5. The number of ether oxygens (including phenoxy) is 1. The quantitative estimate of drug-likeness (QED) is 0.362. The molecule has 8 nitrogen and oxygen atoms in total. The number of phenols is 1. The zero-order valence-corrected chi connectivity index (χ0v) is 24.7. The molecule has 1 aromatic carbocycles. The molecule has 2 bridgehead atoms. The maximum atomic E-state index is 16.7. The van der Waals surface area contributed by atoms with E-state index in [9.17, 15) is 22.7 Å². The number of aryl methyl sites for hydroxylation is 1. The highest BCUT2D eigenvalue weighted by Crippen LogP contribution is 2.49. The Morgan fingerprint density at radius 1 is 1.07 bits per heavy atom. The maximum Gasteiger partial charge on any atom is 0.395 e. The number of aromatic hydroxyl groups is 1. The van der Waals surface area contributed by atoms with Crippen LogP contribution in [0.15, 0.2) is 18.3 Å². The molecule has 1 aliphatic carbocycles. The predicted molar refractivity (Wildman–Crippen MR) is 157 cm³/mol. The van der Waals surface area contributed by atoms with Crippen LogP contribution in [0.1, 0.15) is 62.0 Å². The number of nitrogens with one attached hydrogen (secondary N) is 1. The van der Waals surface area contributed by atoms with E-state index in [1.807, 2.05) is 0 Å². The lowest BCUT2D eigenvalue weighted by Crippen LogP contribution is -2.51. The summed E-state index contributed by atoms with van der Waals surface area (Å²) in [6.07, 6.45) is 0.522. The van der Waals surface area contributed by atoms with Crippen molar-refractivity contribution in [3.63, 3.8) is 0 Å². The summed E-state index contributed by atoms with van der Waals surface area (Å²) >= 11 is 0. The summed E-state index contributed by atoms with van der Waals surface area (Å²) in [5, 5.41) is 14.4. The number of phenolic OH excluding ortho intramolecular Hbond substituents is 1. The number of pyridine rings is 1. The van der Waals surface area contributed by atoms with Crippen molar-refractivity contribution in [3.8, 4) is 23.0 Å². The van der Waals surface area contributed by atoms with Crippen LogP contribution in [0.3, 0.4) is 0 Å². The number of halogens is 5.